The van der Waals surface area contributed by atoms with Crippen molar-refractivity contribution < 1.29 is 17.6 Å². The third kappa shape index (κ3) is 4.02. The number of hydrogen-bond acceptors (Lipinski definition) is 5. The molecule has 1 aliphatic heterocycles. The van der Waals surface area contributed by atoms with Crippen LogP contribution in [0, 0.1) is 19.8 Å². The fraction of sp³-hybridized carbons (Fsp3) is 0.500. The van der Waals surface area contributed by atoms with Crippen LogP contribution in [0.15, 0.2) is 32.9 Å². The Kier molecular flexibility index (Phi) is 5.55. The highest BCUT2D eigenvalue weighted by molar-refractivity contribution is 7.91. The zero-order valence-electron chi connectivity index (χ0n) is 15.2. The minimum atomic E-state index is -3.53. The largest absolute Gasteiger partial charge is 0.464 e. The first-order chi connectivity index (χ1) is 12.3. The number of furan rings is 1. The van der Waals surface area contributed by atoms with Crippen molar-refractivity contribution in [2.75, 3.05) is 13.1 Å². The van der Waals surface area contributed by atoms with Crippen LogP contribution in [0.3, 0.4) is 0 Å². The molecular weight excluding hydrogens is 372 g/mol. The Hall–Kier alpha value is -1.64. The predicted molar refractivity (Wildman–Crippen MR) is 101 cm³/mol. The van der Waals surface area contributed by atoms with Crippen molar-refractivity contribution in [1.82, 2.24) is 9.62 Å². The average molecular weight is 397 g/mol. The molecule has 8 heteroatoms. The van der Waals surface area contributed by atoms with Crippen LogP contribution in [0.5, 0.6) is 0 Å². The number of nitrogens with one attached hydrogen (secondary N) is 1. The summed E-state index contributed by atoms with van der Waals surface area (Å²) in [4.78, 5) is 13.6. The normalized spacial score (nSPS) is 20.0. The van der Waals surface area contributed by atoms with E-state index in [2.05, 4.69) is 5.32 Å². The van der Waals surface area contributed by atoms with Gasteiger partial charge in [-0.3, -0.25) is 4.79 Å². The highest BCUT2D eigenvalue weighted by atomic mass is 32.2. The Balaban J connectivity index is 1.67. The summed E-state index contributed by atoms with van der Waals surface area (Å²) in [5, 5.41) is 2.94. The molecule has 2 aromatic heterocycles. The molecule has 0 radical (unpaired) electrons. The SMILES string of the molecule is Cc1ccc(C(C)NC(=O)C2CCCN(S(=O)(=O)c3ccc(C)s3)C2)o1. The second-order valence-corrected chi connectivity index (χ2v) is 10.2. The standard InChI is InChI=1S/C18H24N2O4S2/c1-12-6-8-16(24-12)14(3)19-18(21)15-5-4-10-20(11-15)26(22,23)17-9-7-13(2)25-17/h6-9,14-15H,4-5,10-11H2,1-3H3,(H,19,21). The number of thiophene rings is 1. The number of carbonyl (C=O) groups excluding carboxylic acids is 1. The van der Waals surface area contributed by atoms with Crippen molar-refractivity contribution in [2.24, 2.45) is 5.92 Å². The zero-order valence-corrected chi connectivity index (χ0v) is 16.8. The molecule has 0 saturated carbocycles. The molecular formula is C18H24N2O4S2. The van der Waals surface area contributed by atoms with Crippen LogP contribution in [0.25, 0.3) is 0 Å². The van der Waals surface area contributed by atoms with E-state index in [0.29, 0.717) is 29.4 Å². The van der Waals surface area contributed by atoms with E-state index in [9.17, 15) is 13.2 Å². The van der Waals surface area contributed by atoms with Gasteiger partial charge in [0.05, 0.1) is 12.0 Å². The average Bonchev–Trinajstić information content (AvgIpc) is 3.24. The summed E-state index contributed by atoms with van der Waals surface area (Å²) in [6.07, 6.45) is 1.36. The summed E-state index contributed by atoms with van der Waals surface area (Å²) >= 11 is 1.27. The van der Waals surface area contributed by atoms with E-state index in [1.54, 1.807) is 12.1 Å². The lowest BCUT2D eigenvalue weighted by Crippen LogP contribution is -2.45. The van der Waals surface area contributed by atoms with Crippen molar-refractivity contribution in [1.29, 1.82) is 0 Å². The smallest absolute Gasteiger partial charge is 0.252 e. The Bertz CT molecular complexity index is 885. The van der Waals surface area contributed by atoms with Gasteiger partial charge in [0.15, 0.2) is 0 Å². The van der Waals surface area contributed by atoms with E-state index in [4.69, 9.17) is 4.42 Å². The van der Waals surface area contributed by atoms with E-state index < -0.39 is 10.0 Å². The van der Waals surface area contributed by atoms with Crippen LogP contribution >= 0.6 is 11.3 Å². The maximum Gasteiger partial charge on any atom is 0.252 e. The second-order valence-electron chi connectivity index (χ2n) is 6.75. The molecule has 3 heterocycles. The minimum absolute atomic E-state index is 0.131. The Morgan fingerprint density at radius 1 is 1.31 bits per heavy atom. The van der Waals surface area contributed by atoms with Crippen LogP contribution in [0.2, 0.25) is 0 Å². The molecule has 26 heavy (non-hydrogen) atoms. The molecule has 1 amide bonds. The maximum atomic E-state index is 12.8. The topological polar surface area (TPSA) is 79.6 Å². The molecule has 0 bridgehead atoms. The number of nitrogens with zero attached hydrogens (tertiary/aromatic N) is 1. The lowest BCUT2D eigenvalue weighted by Gasteiger charge is -2.31. The van der Waals surface area contributed by atoms with Crippen molar-refractivity contribution in [3.63, 3.8) is 0 Å². The van der Waals surface area contributed by atoms with Gasteiger partial charge in [0.2, 0.25) is 5.91 Å². The number of piperidine rings is 1. The lowest BCUT2D eigenvalue weighted by molar-refractivity contribution is -0.126. The zero-order chi connectivity index (χ0) is 18.9. The van der Waals surface area contributed by atoms with Gasteiger partial charge in [-0.2, -0.15) is 4.31 Å². The van der Waals surface area contributed by atoms with Crippen molar-refractivity contribution in [2.45, 2.75) is 43.9 Å². The summed E-state index contributed by atoms with van der Waals surface area (Å²) in [7, 11) is -3.53. The number of aryl methyl sites for hydroxylation is 2. The van der Waals surface area contributed by atoms with Crippen molar-refractivity contribution in [3.05, 3.63) is 40.7 Å². The van der Waals surface area contributed by atoms with Gasteiger partial charge >= 0.3 is 0 Å². The molecule has 2 atom stereocenters. The first-order valence-electron chi connectivity index (χ1n) is 8.70. The minimum Gasteiger partial charge on any atom is -0.464 e. The molecule has 2 aromatic rings. The molecule has 1 saturated heterocycles. The Labute approximate surface area is 158 Å². The third-order valence-corrected chi connectivity index (χ3v) is 7.94. The molecule has 0 aliphatic carbocycles. The Morgan fingerprint density at radius 2 is 2.08 bits per heavy atom. The molecule has 0 aromatic carbocycles. The fourth-order valence-corrected chi connectivity index (χ4v) is 6.10. The summed E-state index contributed by atoms with van der Waals surface area (Å²) in [6.45, 7) is 6.27. The summed E-state index contributed by atoms with van der Waals surface area (Å²) < 4.78 is 32.9. The molecule has 142 valence electrons. The number of hydrogen-bond donors (Lipinski definition) is 1. The monoisotopic (exact) mass is 396 g/mol. The van der Waals surface area contributed by atoms with E-state index in [-0.39, 0.29) is 24.4 Å². The van der Waals surface area contributed by atoms with E-state index in [1.165, 1.54) is 15.6 Å². The van der Waals surface area contributed by atoms with Gasteiger partial charge in [-0.25, -0.2) is 8.42 Å². The van der Waals surface area contributed by atoms with Gasteiger partial charge in [0, 0.05) is 18.0 Å². The van der Waals surface area contributed by atoms with Gasteiger partial charge in [-0.15, -0.1) is 11.3 Å². The number of sulfonamides is 1. The van der Waals surface area contributed by atoms with Crippen LogP contribution in [-0.4, -0.2) is 31.7 Å². The molecule has 3 rings (SSSR count). The van der Waals surface area contributed by atoms with Crippen molar-refractivity contribution >= 4 is 27.3 Å². The highest BCUT2D eigenvalue weighted by Crippen LogP contribution is 2.28. The highest BCUT2D eigenvalue weighted by Gasteiger charge is 2.34. The van der Waals surface area contributed by atoms with Gasteiger partial charge < -0.3 is 9.73 Å². The Morgan fingerprint density at radius 3 is 2.69 bits per heavy atom. The number of rotatable bonds is 5. The first-order valence-corrected chi connectivity index (χ1v) is 11.0. The molecule has 2 unspecified atom stereocenters. The molecule has 0 spiro atoms. The second kappa shape index (κ2) is 7.54. The van der Waals surface area contributed by atoms with Crippen LogP contribution < -0.4 is 5.32 Å². The summed E-state index contributed by atoms with van der Waals surface area (Å²) in [5.74, 6) is 1.01. The van der Waals surface area contributed by atoms with Crippen molar-refractivity contribution in [3.8, 4) is 0 Å². The third-order valence-electron chi connectivity index (χ3n) is 4.61. The fourth-order valence-electron chi connectivity index (χ4n) is 3.14. The molecule has 1 aliphatic rings. The lowest BCUT2D eigenvalue weighted by atomic mass is 9.98. The van der Waals surface area contributed by atoms with Crippen LogP contribution in [0.4, 0.5) is 0 Å². The van der Waals surface area contributed by atoms with E-state index >= 15 is 0 Å². The molecule has 1 fully saturated rings. The number of carbonyl (C=O) groups is 1. The van der Waals surface area contributed by atoms with E-state index in [0.717, 1.165) is 10.6 Å². The van der Waals surface area contributed by atoms with E-state index in [1.807, 2.05) is 32.9 Å². The van der Waals surface area contributed by atoms with Gasteiger partial charge in [0.25, 0.3) is 10.0 Å². The predicted octanol–water partition coefficient (Wildman–Crippen LogP) is 3.24. The van der Waals surface area contributed by atoms with Gasteiger partial charge in [0.1, 0.15) is 15.7 Å². The summed E-state index contributed by atoms with van der Waals surface area (Å²) in [6, 6.07) is 6.90. The summed E-state index contributed by atoms with van der Waals surface area (Å²) in [5.41, 5.74) is 0. The van der Waals surface area contributed by atoms with Crippen LogP contribution in [0.1, 0.15) is 42.2 Å². The maximum absolute atomic E-state index is 12.8. The van der Waals surface area contributed by atoms with Gasteiger partial charge in [-0.05, 0) is 57.9 Å². The molecule has 6 nitrogen and oxygen atoms in total. The quantitative estimate of drug-likeness (QED) is 0.841. The first kappa shape index (κ1) is 19.1. The molecule has 1 N–H and O–H groups in total. The van der Waals surface area contributed by atoms with Crippen LogP contribution in [-0.2, 0) is 14.8 Å². The van der Waals surface area contributed by atoms with Gasteiger partial charge in [-0.1, -0.05) is 0 Å². The number of amides is 1.